The van der Waals surface area contributed by atoms with Gasteiger partial charge in [-0.2, -0.15) is 18.3 Å². The fourth-order valence-electron chi connectivity index (χ4n) is 2.99. The zero-order valence-electron chi connectivity index (χ0n) is 19.9. The first-order valence-corrected chi connectivity index (χ1v) is 11.0. The molecule has 0 spiro atoms. The maximum absolute atomic E-state index is 12.2. The van der Waals surface area contributed by atoms with Crippen molar-refractivity contribution in [2.75, 3.05) is 6.61 Å². The topological polar surface area (TPSA) is 185 Å². The van der Waals surface area contributed by atoms with Crippen LogP contribution in [0.3, 0.4) is 0 Å². The summed E-state index contributed by atoms with van der Waals surface area (Å²) in [6, 6.07) is 8.45. The second kappa shape index (κ2) is 12.9. The number of aromatic carboxylic acids is 1. The average molecular weight is 550 g/mol. The molecule has 206 valence electrons. The number of aliphatic carboxylic acids is 1. The summed E-state index contributed by atoms with van der Waals surface area (Å²) in [5, 5.41) is 33.7. The summed E-state index contributed by atoms with van der Waals surface area (Å²) in [5.74, 6) is -3.54. The fraction of sp³-hybridized carbons (Fsp3) is 0.217. The van der Waals surface area contributed by atoms with Gasteiger partial charge in [0.1, 0.15) is 5.75 Å². The van der Waals surface area contributed by atoms with Gasteiger partial charge in [0.2, 0.25) is 5.76 Å². The van der Waals surface area contributed by atoms with E-state index in [9.17, 15) is 22.8 Å². The van der Waals surface area contributed by atoms with Gasteiger partial charge in [-0.1, -0.05) is 5.21 Å². The third kappa shape index (κ3) is 8.73. The predicted octanol–water partition coefficient (Wildman–Crippen LogP) is 2.53. The second-order valence-electron chi connectivity index (χ2n) is 7.70. The second-order valence-corrected chi connectivity index (χ2v) is 7.70. The lowest BCUT2D eigenvalue weighted by Gasteiger charge is -2.07. The van der Waals surface area contributed by atoms with Crippen molar-refractivity contribution in [1.29, 1.82) is 0 Å². The lowest BCUT2D eigenvalue weighted by atomic mass is 10.2. The maximum atomic E-state index is 12.2. The monoisotopic (exact) mass is 550 g/mol. The van der Waals surface area contributed by atoms with Crippen molar-refractivity contribution in [2.45, 2.75) is 25.7 Å². The number of carboxylic acids is 2. The van der Waals surface area contributed by atoms with Crippen LogP contribution in [0.15, 0.2) is 59.6 Å². The number of halogens is 3. The lowest BCUT2D eigenvalue weighted by molar-refractivity contribution is -0.192. The first-order valence-electron chi connectivity index (χ1n) is 11.0. The van der Waals surface area contributed by atoms with Gasteiger partial charge in [0.15, 0.2) is 0 Å². The number of hydrogen-bond donors (Lipinski definition) is 4. The molecule has 3 heterocycles. The minimum atomic E-state index is -5.08. The van der Waals surface area contributed by atoms with E-state index in [1.54, 1.807) is 53.6 Å². The molecule has 4 aromatic rings. The van der Waals surface area contributed by atoms with E-state index in [1.165, 1.54) is 6.26 Å². The summed E-state index contributed by atoms with van der Waals surface area (Å²) in [4.78, 5) is 32.2. The number of furan rings is 1. The summed E-state index contributed by atoms with van der Waals surface area (Å²) in [7, 11) is 0. The highest BCUT2D eigenvalue weighted by molar-refractivity contribution is 5.94. The molecule has 1 aromatic carbocycles. The van der Waals surface area contributed by atoms with E-state index in [2.05, 4.69) is 25.8 Å². The van der Waals surface area contributed by atoms with Crippen molar-refractivity contribution in [3.63, 3.8) is 0 Å². The van der Waals surface area contributed by atoms with Gasteiger partial charge < -0.3 is 24.7 Å². The number of rotatable bonds is 10. The lowest BCUT2D eigenvalue weighted by Crippen LogP contribution is -2.22. The van der Waals surface area contributed by atoms with Crippen LogP contribution in [0.25, 0.3) is 0 Å². The van der Waals surface area contributed by atoms with Crippen molar-refractivity contribution in [3.8, 4) is 5.75 Å². The highest BCUT2D eigenvalue weighted by Crippen LogP contribution is 2.15. The van der Waals surface area contributed by atoms with Crippen molar-refractivity contribution < 1.29 is 46.9 Å². The molecule has 0 aliphatic heterocycles. The molecule has 0 radical (unpaired) electrons. The van der Waals surface area contributed by atoms with Crippen LogP contribution in [0.4, 0.5) is 13.2 Å². The number of aromatic nitrogens is 5. The van der Waals surface area contributed by atoms with E-state index in [0.717, 1.165) is 5.56 Å². The highest BCUT2D eigenvalue weighted by Gasteiger charge is 2.38. The van der Waals surface area contributed by atoms with Gasteiger partial charge in [-0.15, -0.1) is 5.10 Å². The van der Waals surface area contributed by atoms with Gasteiger partial charge in [0.05, 0.1) is 31.3 Å². The largest absolute Gasteiger partial charge is 0.493 e. The number of alkyl halides is 3. The number of ether oxygens (including phenoxy) is 1. The molecule has 39 heavy (non-hydrogen) atoms. The summed E-state index contributed by atoms with van der Waals surface area (Å²) in [6.45, 7) is 1.01. The molecule has 0 saturated carbocycles. The zero-order chi connectivity index (χ0) is 28.4. The molecule has 13 nitrogen and oxygen atoms in total. The summed E-state index contributed by atoms with van der Waals surface area (Å²) >= 11 is 0. The molecule has 0 bridgehead atoms. The standard InChI is InChI=1S/C21H20N6O5.C2HF3O2/c28-20(22-9-14-10-23-24-11-14)15-1-3-18(4-2-15)31-8-6-17-13-27(26-25-17)12-16-5-7-32-19(16)21(29)30;3-2(4,5)1(6)7/h1-5,7,10-11,13H,6,8-9,12H2,(H,22,28)(H,23,24)(H,29,30);(H,6,7). The Bertz CT molecular complexity index is 1380. The van der Waals surface area contributed by atoms with E-state index in [0.29, 0.717) is 42.1 Å². The normalized spacial score (nSPS) is 10.8. The van der Waals surface area contributed by atoms with Crippen molar-refractivity contribution in [2.24, 2.45) is 0 Å². The number of carbonyl (C=O) groups excluding carboxylic acids is 1. The minimum Gasteiger partial charge on any atom is -0.493 e. The molecular weight excluding hydrogens is 529 g/mol. The minimum absolute atomic E-state index is 0.107. The number of carbonyl (C=O) groups is 3. The highest BCUT2D eigenvalue weighted by atomic mass is 19.4. The van der Waals surface area contributed by atoms with E-state index in [1.807, 2.05) is 0 Å². The number of benzene rings is 1. The first kappa shape index (κ1) is 28.4. The molecule has 4 N–H and O–H groups in total. The number of nitrogens with one attached hydrogen (secondary N) is 2. The molecule has 0 unspecified atom stereocenters. The Hall–Kier alpha value is -5.15. The van der Waals surface area contributed by atoms with Crippen LogP contribution in [0.2, 0.25) is 0 Å². The summed E-state index contributed by atoms with van der Waals surface area (Å²) < 4.78 is 44.0. The third-order valence-electron chi connectivity index (χ3n) is 4.85. The Morgan fingerprint density at radius 3 is 2.46 bits per heavy atom. The smallest absolute Gasteiger partial charge is 0.490 e. The molecule has 0 fully saturated rings. The van der Waals surface area contributed by atoms with E-state index < -0.39 is 18.1 Å². The van der Waals surface area contributed by atoms with Crippen LogP contribution in [0.1, 0.15) is 37.7 Å². The summed E-state index contributed by atoms with van der Waals surface area (Å²) in [5.41, 5.74) is 2.64. The van der Waals surface area contributed by atoms with Crippen LogP contribution < -0.4 is 10.1 Å². The number of aromatic amines is 1. The van der Waals surface area contributed by atoms with Crippen molar-refractivity contribution in [3.05, 3.63) is 83.3 Å². The van der Waals surface area contributed by atoms with Gasteiger partial charge in [0.25, 0.3) is 5.91 Å². The quantitative estimate of drug-likeness (QED) is 0.229. The Morgan fingerprint density at radius 2 is 1.85 bits per heavy atom. The molecule has 0 saturated heterocycles. The van der Waals surface area contributed by atoms with Gasteiger partial charge >= 0.3 is 18.1 Å². The number of carboxylic acid groups (broad SMARTS) is 2. The Kier molecular flexibility index (Phi) is 9.39. The number of hydrogen-bond acceptors (Lipinski definition) is 8. The van der Waals surface area contributed by atoms with Gasteiger partial charge in [0, 0.05) is 42.0 Å². The molecule has 1 amide bonds. The molecule has 0 aliphatic rings. The average Bonchev–Trinajstić information content (AvgIpc) is 3.66. The molecule has 3 aromatic heterocycles. The molecule has 4 rings (SSSR count). The van der Waals surface area contributed by atoms with Crippen molar-refractivity contribution in [1.82, 2.24) is 30.5 Å². The van der Waals surface area contributed by atoms with Crippen LogP contribution in [-0.4, -0.2) is 66.0 Å². The molecule has 16 heteroatoms. The van der Waals surface area contributed by atoms with Gasteiger partial charge in [-0.3, -0.25) is 9.89 Å². The Morgan fingerprint density at radius 1 is 1.13 bits per heavy atom. The predicted molar refractivity (Wildman–Crippen MR) is 124 cm³/mol. The van der Waals surface area contributed by atoms with Crippen molar-refractivity contribution >= 4 is 17.8 Å². The number of amides is 1. The van der Waals surface area contributed by atoms with Crippen LogP contribution in [-0.2, 0) is 24.3 Å². The molecular formula is C23H21F3N6O7. The molecule has 0 aliphatic carbocycles. The first-order chi connectivity index (χ1) is 18.5. The van der Waals surface area contributed by atoms with Gasteiger partial charge in [-0.25, -0.2) is 14.3 Å². The summed E-state index contributed by atoms with van der Waals surface area (Å²) in [6.07, 6.45) is 1.87. The van der Waals surface area contributed by atoms with Crippen LogP contribution in [0, 0.1) is 0 Å². The molecule has 0 atom stereocenters. The number of nitrogens with zero attached hydrogens (tertiary/aromatic N) is 4. The fourth-order valence-corrected chi connectivity index (χ4v) is 2.99. The van der Waals surface area contributed by atoms with E-state index in [-0.39, 0.29) is 18.2 Å². The SMILES string of the molecule is O=C(NCc1cn[nH]c1)c1ccc(OCCc2cn(Cc3ccoc3C(=O)O)nn2)cc1.O=C(O)C(F)(F)F. The Labute approximate surface area is 217 Å². The van der Waals surface area contributed by atoms with Gasteiger partial charge in [-0.05, 0) is 30.3 Å². The maximum Gasteiger partial charge on any atom is 0.490 e. The number of H-pyrrole nitrogens is 1. The van der Waals surface area contributed by atoms with Crippen LogP contribution >= 0.6 is 0 Å². The van der Waals surface area contributed by atoms with E-state index >= 15 is 0 Å². The Balaban J connectivity index is 0.000000532. The zero-order valence-corrected chi connectivity index (χ0v) is 19.9. The van der Waals surface area contributed by atoms with Crippen LogP contribution in [0.5, 0.6) is 5.75 Å². The van der Waals surface area contributed by atoms with E-state index in [4.69, 9.17) is 24.2 Å². The third-order valence-corrected chi connectivity index (χ3v) is 4.85.